The summed E-state index contributed by atoms with van der Waals surface area (Å²) in [6.45, 7) is 0. The first-order valence-corrected chi connectivity index (χ1v) is 20.5. The Morgan fingerprint density at radius 3 is 1.56 bits per heavy atom. The molecule has 3 aliphatic rings. The normalized spacial score (nSPS) is 16.4. The monoisotopic (exact) mass is 808 g/mol. The molecule has 62 heavy (non-hydrogen) atoms. The third-order valence-electron chi connectivity index (χ3n) is 12.5. The van der Waals surface area contributed by atoms with Crippen molar-refractivity contribution in [3.8, 4) is 44.5 Å². The van der Waals surface area contributed by atoms with Crippen LogP contribution >= 0.6 is 0 Å². The zero-order valence-electron chi connectivity index (χ0n) is 33.2. The first kappa shape index (κ1) is 36.8. The summed E-state index contributed by atoms with van der Waals surface area (Å²) in [6.07, 6.45) is 4.28. The van der Waals surface area contributed by atoms with Crippen LogP contribution in [0.2, 0.25) is 0 Å². The standard InChI is InChI=1S/C52H36N6O4/c59-57(60)44-30-43-46(33-17-7-2-8-18-33)41-26-25-39(53-41)45(32-15-5-1-6-16-32)40-27-28-42(54-40)47(34-19-9-3-10-20-34)51-52(58(61)62)31-37-24-14-13-23-36(37)29-38(52)49(56-51)48(50(44)55-43)35-21-11-4-12-22-35/h1-28,30,38,54-55H,29,31H2. The number of hydrogen-bond donors (Lipinski definition) is 2. The molecule has 0 amide bonds. The number of benzene rings is 5. The van der Waals surface area contributed by atoms with Gasteiger partial charge in [0.2, 0.25) is 0 Å². The molecule has 0 fully saturated rings. The Bertz CT molecular complexity index is 3310. The predicted molar refractivity (Wildman–Crippen MR) is 244 cm³/mol. The van der Waals surface area contributed by atoms with E-state index in [1.807, 2.05) is 170 Å². The number of hydrogen-bond acceptors (Lipinski definition) is 6. The lowest BCUT2D eigenvalue weighted by molar-refractivity contribution is -0.584. The van der Waals surface area contributed by atoms with Gasteiger partial charge in [0.25, 0.3) is 11.2 Å². The lowest BCUT2D eigenvalue weighted by Gasteiger charge is -2.34. The topological polar surface area (TPSA) is 144 Å². The van der Waals surface area contributed by atoms with Crippen LogP contribution in [0.4, 0.5) is 5.69 Å². The lowest BCUT2D eigenvalue weighted by atomic mass is 9.67. The molecule has 5 heterocycles. The Hall–Kier alpha value is -8.24. The van der Waals surface area contributed by atoms with Gasteiger partial charge in [0, 0.05) is 44.3 Å². The zero-order chi connectivity index (χ0) is 42.0. The van der Waals surface area contributed by atoms with Gasteiger partial charge in [-0.2, -0.15) is 0 Å². The van der Waals surface area contributed by atoms with E-state index in [-0.39, 0.29) is 33.2 Å². The minimum atomic E-state index is -1.76. The van der Waals surface area contributed by atoms with E-state index in [1.54, 1.807) is 6.07 Å². The minimum absolute atomic E-state index is 0.0699. The average Bonchev–Trinajstić information content (AvgIpc) is 4.13. The van der Waals surface area contributed by atoms with Crippen LogP contribution in [0.15, 0.2) is 164 Å². The number of nitrogens with one attached hydrogen (secondary N) is 2. The van der Waals surface area contributed by atoms with E-state index in [4.69, 9.17) is 9.97 Å². The largest absolute Gasteiger partial charge is 0.354 e. The minimum Gasteiger partial charge on any atom is -0.354 e. The van der Waals surface area contributed by atoms with Crippen LogP contribution in [0.3, 0.4) is 0 Å². The summed E-state index contributed by atoms with van der Waals surface area (Å²) in [4.78, 5) is 45.3. The van der Waals surface area contributed by atoms with Gasteiger partial charge in [0.1, 0.15) is 11.2 Å². The maximum Gasteiger partial charge on any atom is 0.295 e. The van der Waals surface area contributed by atoms with Gasteiger partial charge < -0.3 is 9.97 Å². The molecule has 3 aromatic heterocycles. The van der Waals surface area contributed by atoms with Crippen molar-refractivity contribution in [1.29, 1.82) is 0 Å². The van der Waals surface area contributed by atoms with Gasteiger partial charge in [-0.1, -0.05) is 146 Å². The van der Waals surface area contributed by atoms with E-state index in [9.17, 15) is 20.2 Å². The first-order chi connectivity index (χ1) is 30.4. The second kappa shape index (κ2) is 14.5. The molecule has 10 nitrogen and oxygen atoms in total. The number of aromatic nitrogens is 4. The fraction of sp³-hybridized carbons (Fsp3) is 0.0769. The summed E-state index contributed by atoms with van der Waals surface area (Å²) in [5, 5.41) is 27.8. The molecular formula is C52H36N6O4. The fourth-order valence-corrected chi connectivity index (χ4v) is 9.76. The molecular weight excluding hydrogens is 773 g/mol. The van der Waals surface area contributed by atoms with Crippen molar-refractivity contribution in [3.05, 3.63) is 218 Å². The van der Waals surface area contributed by atoms with Crippen LogP contribution in [0.5, 0.6) is 0 Å². The maximum atomic E-state index is 14.4. The lowest BCUT2D eigenvalue weighted by Crippen LogP contribution is -2.45. The number of aromatic amines is 2. The number of fused-ring (bicyclic) bond motifs is 12. The number of H-pyrrole nitrogens is 2. The highest BCUT2D eigenvalue weighted by Crippen LogP contribution is 2.56. The van der Waals surface area contributed by atoms with Crippen LogP contribution in [0.1, 0.15) is 39.8 Å². The molecule has 5 aromatic carbocycles. The van der Waals surface area contributed by atoms with E-state index in [2.05, 4.69) is 9.97 Å². The Kier molecular flexibility index (Phi) is 8.60. The third-order valence-corrected chi connectivity index (χ3v) is 12.5. The second-order valence-electron chi connectivity index (χ2n) is 15.9. The summed E-state index contributed by atoms with van der Waals surface area (Å²) in [5.74, 6) is -0.810. The number of nitrogens with zero attached hydrogens (tertiary/aromatic N) is 4. The summed E-state index contributed by atoms with van der Waals surface area (Å²) in [5.41, 5.74) is 9.58. The molecule has 8 aromatic rings. The molecule has 2 unspecified atom stereocenters. The highest BCUT2D eigenvalue weighted by molar-refractivity contribution is 5.99. The van der Waals surface area contributed by atoms with Crippen LogP contribution in [0, 0.1) is 20.2 Å². The van der Waals surface area contributed by atoms with Gasteiger partial charge in [-0.15, -0.1) is 0 Å². The molecule has 2 atom stereocenters. The van der Waals surface area contributed by atoms with Crippen molar-refractivity contribution in [3.63, 3.8) is 0 Å². The Morgan fingerprint density at radius 2 is 1.02 bits per heavy atom. The van der Waals surface area contributed by atoms with E-state index >= 15 is 0 Å². The van der Waals surface area contributed by atoms with E-state index in [0.717, 1.165) is 38.9 Å². The molecule has 2 N–H and O–H groups in total. The molecule has 0 radical (unpaired) electrons. The van der Waals surface area contributed by atoms with Crippen molar-refractivity contribution in [2.45, 2.75) is 24.3 Å². The van der Waals surface area contributed by atoms with Crippen LogP contribution in [0.25, 0.3) is 78.7 Å². The molecule has 2 aliphatic heterocycles. The smallest absolute Gasteiger partial charge is 0.295 e. The molecule has 0 saturated carbocycles. The van der Waals surface area contributed by atoms with E-state index < -0.39 is 11.5 Å². The average molecular weight is 809 g/mol. The Balaban J connectivity index is 1.42. The van der Waals surface area contributed by atoms with E-state index in [1.165, 1.54) is 0 Å². The van der Waals surface area contributed by atoms with Crippen molar-refractivity contribution < 1.29 is 9.85 Å². The van der Waals surface area contributed by atoms with Gasteiger partial charge in [0.15, 0.2) is 0 Å². The van der Waals surface area contributed by atoms with Crippen LogP contribution < -0.4 is 0 Å². The van der Waals surface area contributed by atoms with Gasteiger partial charge >= 0.3 is 0 Å². The molecule has 8 bridgehead atoms. The summed E-state index contributed by atoms with van der Waals surface area (Å²) in [6, 6.07) is 52.1. The van der Waals surface area contributed by atoms with Crippen molar-refractivity contribution in [2.24, 2.45) is 0 Å². The third kappa shape index (κ3) is 5.79. The summed E-state index contributed by atoms with van der Waals surface area (Å²) < 4.78 is 0. The Labute approximate surface area is 355 Å². The van der Waals surface area contributed by atoms with Crippen molar-refractivity contribution in [1.82, 2.24) is 19.9 Å². The maximum absolute atomic E-state index is 14.4. The van der Waals surface area contributed by atoms with Crippen molar-refractivity contribution in [2.75, 3.05) is 0 Å². The fourth-order valence-electron chi connectivity index (χ4n) is 9.76. The zero-order valence-corrected chi connectivity index (χ0v) is 33.2. The first-order valence-electron chi connectivity index (χ1n) is 20.5. The van der Waals surface area contributed by atoms with Gasteiger partial charge in [-0.25, -0.2) is 9.97 Å². The Morgan fingerprint density at radius 1 is 0.532 bits per heavy atom. The summed E-state index contributed by atoms with van der Waals surface area (Å²) in [7, 11) is 0. The highest BCUT2D eigenvalue weighted by Gasteiger charge is 2.62. The van der Waals surface area contributed by atoms with Crippen LogP contribution in [-0.4, -0.2) is 29.8 Å². The molecule has 1 aliphatic carbocycles. The predicted octanol–water partition coefficient (Wildman–Crippen LogP) is 12.1. The molecule has 0 spiro atoms. The molecule has 0 saturated heterocycles. The van der Waals surface area contributed by atoms with Gasteiger partial charge in [0.05, 0.1) is 39.9 Å². The van der Waals surface area contributed by atoms with Gasteiger partial charge in [-0.05, 0) is 64.1 Å². The SMILES string of the molecule is O=[N+]([O-])c1cc2[nH]c1c(-c1ccccc1)c1nc(c(-c3ccccc3)c3ccc([nH]3)c(-c3ccccc3)c3nc(c2-c2ccccc2)C=C3)C2([N+](=O)[O-])Cc3ccccc3CC12. The second-order valence-corrected chi connectivity index (χ2v) is 15.9. The molecule has 298 valence electrons. The number of rotatable bonds is 6. The van der Waals surface area contributed by atoms with Crippen molar-refractivity contribution >= 4 is 39.9 Å². The molecule has 10 heteroatoms. The molecule has 11 rings (SSSR count). The highest BCUT2D eigenvalue weighted by atomic mass is 16.6. The van der Waals surface area contributed by atoms with Gasteiger partial charge in [-0.3, -0.25) is 20.2 Å². The summed E-state index contributed by atoms with van der Waals surface area (Å²) >= 11 is 0. The number of nitro groups is 2. The van der Waals surface area contributed by atoms with Crippen LogP contribution in [-0.2, 0) is 18.4 Å². The quantitative estimate of drug-likeness (QED) is 0.126. The van der Waals surface area contributed by atoms with E-state index in [0.29, 0.717) is 56.8 Å².